The van der Waals surface area contributed by atoms with E-state index in [1.807, 2.05) is 52.0 Å². The largest absolute Gasteiger partial charge is 0.416 e. The van der Waals surface area contributed by atoms with Gasteiger partial charge in [0.2, 0.25) is 0 Å². The summed E-state index contributed by atoms with van der Waals surface area (Å²) in [7, 11) is 0. The predicted molar refractivity (Wildman–Crippen MR) is 132 cm³/mol. The Morgan fingerprint density at radius 1 is 0.389 bits per heavy atom. The fourth-order valence-corrected chi connectivity index (χ4v) is 4.23. The third-order valence-corrected chi connectivity index (χ3v) is 6.60. The lowest BCUT2D eigenvalue weighted by atomic mass is 9.85. The Kier molecular flexibility index (Phi) is 6.50. The van der Waals surface area contributed by atoms with Crippen molar-refractivity contribution in [2.24, 2.45) is 0 Å². The molecule has 4 aromatic rings. The van der Waals surface area contributed by atoms with Gasteiger partial charge in [-0.1, -0.05) is 48.5 Å². The van der Waals surface area contributed by atoms with Gasteiger partial charge in [0, 0.05) is 0 Å². The molecule has 0 aromatic heterocycles. The zero-order chi connectivity index (χ0) is 26.4. The minimum absolute atomic E-state index is 0.623. The molecule has 186 valence electrons. The van der Waals surface area contributed by atoms with Gasteiger partial charge in [0.05, 0.1) is 11.1 Å². The summed E-state index contributed by atoms with van der Waals surface area (Å²) in [5, 5.41) is 0. The molecule has 4 aromatic carbocycles. The van der Waals surface area contributed by atoms with Gasteiger partial charge in [0.1, 0.15) is 0 Å². The van der Waals surface area contributed by atoms with Crippen molar-refractivity contribution in [1.82, 2.24) is 0 Å². The summed E-state index contributed by atoms with van der Waals surface area (Å²) < 4.78 is 78.8. The van der Waals surface area contributed by atoms with Crippen LogP contribution in [0.2, 0.25) is 0 Å². The first kappa shape index (κ1) is 25.5. The van der Waals surface area contributed by atoms with Crippen molar-refractivity contribution in [2.75, 3.05) is 0 Å². The molecule has 0 aliphatic heterocycles. The SMILES string of the molecule is Cc1cc(-c2ccc(C(F)(F)F)cc2)c(-c2cc(C)c(C)cc2-c2ccc(C(F)(F)F)cc2)cc1C. The van der Waals surface area contributed by atoms with E-state index in [9.17, 15) is 26.3 Å². The fraction of sp³-hybridized carbons (Fsp3) is 0.200. The normalized spacial score (nSPS) is 12.2. The molecule has 0 aliphatic rings. The third-order valence-electron chi connectivity index (χ3n) is 6.60. The summed E-state index contributed by atoms with van der Waals surface area (Å²) in [6.07, 6.45) is -8.87. The number of halogens is 6. The maximum atomic E-state index is 13.1. The minimum atomic E-state index is -4.44. The second-order valence-corrected chi connectivity index (χ2v) is 9.11. The smallest absolute Gasteiger partial charge is 0.166 e. The number of hydrogen-bond acceptors (Lipinski definition) is 0. The highest BCUT2D eigenvalue weighted by Gasteiger charge is 2.31. The molecule has 0 unspecified atom stereocenters. The molecule has 4 rings (SSSR count). The number of benzene rings is 4. The first-order valence-corrected chi connectivity index (χ1v) is 11.3. The van der Waals surface area contributed by atoms with E-state index < -0.39 is 23.5 Å². The highest BCUT2D eigenvalue weighted by molar-refractivity contribution is 5.93. The lowest BCUT2D eigenvalue weighted by Crippen LogP contribution is -2.04. The van der Waals surface area contributed by atoms with Crippen molar-refractivity contribution in [3.8, 4) is 33.4 Å². The van der Waals surface area contributed by atoms with E-state index >= 15 is 0 Å². The molecule has 0 nitrogen and oxygen atoms in total. The Bertz CT molecular complexity index is 1300. The van der Waals surface area contributed by atoms with Crippen LogP contribution in [0.1, 0.15) is 33.4 Å². The summed E-state index contributed by atoms with van der Waals surface area (Å²) in [6.45, 7) is 7.77. The molecular weight excluding hydrogens is 474 g/mol. The monoisotopic (exact) mass is 498 g/mol. The molecular formula is C30H24F6. The lowest BCUT2D eigenvalue weighted by molar-refractivity contribution is -0.138. The Hall–Kier alpha value is -3.54. The highest BCUT2D eigenvalue weighted by atomic mass is 19.4. The molecule has 0 radical (unpaired) electrons. The summed E-state index contributed by atoms with van der Waals surface area (Å²) in [5.41, 5.74) is 6.85. The quantitative estimate of drug-likeness (QED) is 0.247. The van der Waals surface area contributed by atoms with Crippen LogP contribution >= 0.6 is 0 Å². The van der Waals surface area contributed by atoms with Gasteiger partial charge in [-0.2, -0.15) is 26.3 Å². The molecule has 0 saturated carbocycles. The summed E-state index contributed by atoms with van der Waals surface area (Å²) in [5.74, 6) is 0. The van der Waals surface area contributed by atoms with Crippen molar-refractivity contribution < 1.29 is 26.3 Å². The van der Waals surface area contributed by atoms with Crippen LogP contribution in [0.3, 0.4) is 0 Å². The molecule has 36 heavy (non-hydrogen) atoms. The van der Waals surface area contributed by atoms with Gasteiger partial charge >= 0.3 is 12.4 Å². The van der Waals surface area contributed by atoms with Crippen LogP contribution < -0.4 is 0 Å². The molecule has 0 fully saturated rings. The maximum absolute atomic E-state index is 13.1. The number of aryl methyl sites for hydroxylation is 4. The van der Waals surface area contributed by atoms with Gasteiger partial charge in [-0.05, 0) is 108 Å². The Morgan fingerprint density at radius 2 is 0.639 bits per heavy atom. The summed E-state index contributed by atoms with van der Waals surface area (Å²) >= 11 is 0. The average Bonchev–Trinajstić information content (AvgIpc) is 2.81. The number of alkyl halides is 6. The zero-order valence-electron chi connectivity index (χ0n) is 20.2. The molecule has 0 amide bonds. The van der Waals surface area contributed by atoms with Crippen LogP contribution in [0, 0.1) is 27.7 Å². The summed E-state index contributed by atoms with van der Waals surface area (Å²) in [4.78, 5) is 0. The van der Waals surface area contributed by atoms with Crippen molar-refractivity contribution in [3.63, 3.8) is 0 Å². The van der Waals surface area contributed by atoms with Gasteiger partial charge < -0.3 is 0 Å². The molecule has 6 heteroatoms. The van der Waals surface area contributed by atoms with Crippen molar-refractivity contribution >= 4 is 0 Å². The van der Waals surface area contributed by atoms with Gasteiger partial charge in [-0.25, -0.2) is 0 Å². The maximum Gasteiger partial charge on any atom is 0.416 e. The molecule has 0 aliphatic carbocycles. The third kappa shape index (κ3) is 5.03. The van der Waals surface area contributed by atoms with Crippen LogP contribution in [0.4, 0.5) is 26.3 Å². The topological polar surface area (TPSA) is 0 Å². The van der Waals surface area contributed by atoms with E-state index in [2.05, 4.69) is 0 Å². The second-order valence-electron chi connectivity index (χ2n) is 9.11. The van der Waals surface area contributed by atoms with Crippen molar-refractivity contribution in [1.29, 1.82) is 0 Å². The number of hydrogen-bond donors (Lipinski definition) is 0. The molecule has 0 N–H and O–H groups in total. The van der Waals surface area contributed by atoms with E-state index in [-0.39, 0.29) is 0 Å². The fourth-order valence-electron chi connectivity index (χ4n) is 4.23. The minimum Gasteiger partial charge on any atom is -0.166 e. The van der Waals surface area contributed by atoms with Gasteiger partial charge in [0.25, 0.3) is 0 Å². The molecule has 0 saturated heterocycles. The Balaban J connectivity index is 1.95. The van der Waals surface area contributed by atoms with Gasteiger partial charge in [0.15, 0.2) is 0 Å². The Labute approximate surface area is 206 Å². The van der Waals surface area contributed by atoms with E-state index in [0.717, 1.165) is 68.8 Å². The molecule has 0 heterocycles. The van der Waals surface area contributed by atoms with Crippen LogP contribution in [0.25, 0.3) is 33.4 Å². The summed E-state index contributed by atoms with van der Waals surface area (Å²) in [6, 6.07) is 17.9. The van der Waals surface area contributed by atoms with E-state index in [4.69, 9.17) is 0 Å². The lowest BCUT2D eigenvalue weighted by Gasteiger charge is -2.19. The Morgan fingerprint density at radius 3 is 0.889 bits per heavy atom. The van der Waals surface area contributed by atoms with E-state index in [1.165, 1.54) is 24.3 Å². The van der Waals surface area contributed by atoms with Crippen LogP contribution in [-0.4, -0.2) is 0 Å². The zero-order valence-corrected chi connectivity index (χ0v) is 20.2. The average molecular weight is 499 g/mol. The van der Waals surface area contributed by atoms with E-state index in [0.29, 0.717) is 11.1 Å². The molecule has 0 atom stereocenters. The standard InChI is InChI=1S/C30H24F6/c1-17-13-25(21-5-9-23(10-6-21)29(31,32)33)27(15-19(17)3)28-16-20(4)18(2)14-26(28)22-7-11-24(12-8-22)30(34,35)36/h5-16H,1-4H3. The first-order chi connectivity index (χ1) is 16.8. The van der Waals surface area contributed by atoms with Crippen molar-refractivity contribution in [2.45, 2.75) is 40.0 Å². The molecule has 0 bridgehead atoms. The number of rotatable bonds is 3. The van der Waals surface area contributed by atoms with Crippen LogP contribution in [0.5, 0.6) is 0 Å². The van der Waals surface area contributed by atoms with Gasteiger partial charge in [-0.3, -0.25) is 0 Å². The van der Waals surface area contributed by atoms with Gasteiger partial charge in [-0.15, -0.1) is 0 Å². The van der Waals surface area contributed by atoms with Crippen LogP contribution in [-0.2, 0) is 12.4 Å². The van der Waals surface area contributed by atoms with E-state index in [1.54, 1.807) is 0 Å². The second kappa shape index (κ2) is 9.16. The first-order valence-electron chi connectivity index (χ1n) is 11.3. The predicted octanol–water partition coefficient (Wildman–Crippen LogP) is 9.96. The van der Waals surface area contributed by atoms with Crippen LogP contribution in [0.15, 0.2) is 72.8 Å². The molecule has 0 spiro atoms. The van der Waals surface area contributed by atoms with Crippen molar-refractivity contribution in [3.05, 3.63) is 106 Å². The highest BCUT2D eigenvalue weighted by Crippen LogP contribution is 2.42.